The van der Waals surface area contributed by atoms with Crippen LogP contribution in [0.1, 0.15) is 21.1 Å². The predicted molar refractivity (Wildman–Crippen MR) is 83.0 cm³/mol. The summed E-state index contributed by atoms with van der Waals surface area (Å²) in [7, 11) is 0. The van der Waals surface area contributed by atoms with Crippen molar-refractivity contribution in [2.24, 2.45) is 0 Å². The molecule has 0 radical (unpaired) electrons. The minimum absolute atomic E-state index is 0.0483. The van der Waals surface area contributed by atoms with E-state index < -0.39 is 11.8 Å². The molecule has 0 aromatic carbocycles. The quantitative estimate of drug-likeness (QED) is 0.631. The lowest BCUT2D eigenvalue weighted by Gasteiger charge is -2.01. The van der Waals surface area contributed by atoms with Crippen LogP contribution in [0.2, 0.25) is 0 Å². The minimum Gasteiger partial charge on any atom is -0.444 e. The van der Waals surface area contributed by atoms with Crippen LogP contribution in [0.4, 0.5) is 11.6 Å². The number of hydrogen-bond acceptors (Lipinski definition) is 7. The largest absolute Gasteiger partial charge is 0.444 e. The Morgan fingerprint density at radius 2 is 1.26 bits per heavy atom. The lowest BCUT2D eigenvalue weighted by molar-refractivity contribution is 0.0985. The Morgan fingerprint density at radius 1 is 0.826 bits per heavy atom. The van der Waals surface area contributed by atoms with Crippen molar-refractivity contribution in [1.82, 2.24) is 10.3 Å². The van der Waals surface area contributed by atoms with Crippen molar-refractivity contribution in [1.29, 1.82) is 0 Å². The smallest absolute Gasteiger partial charge is 0.292 e. The van der Waals surface area contributed by atoms with Gasteiger partial charge in [-0.05, 0) is 66.4 Å². The van der Waals surface area contributed by atoms with Gasteiger partial charge in [-0.2, -0.15) is 0 Å². The third-order valence-corrected chi connectivity index (χ3v) is 3.40. The third-order valence-electron chi connectivity index (χ3n) is 2.55. The van der Waals surface area contributed by atoms with Crippen molar-refractivity contribution in [3.63, 3.8) is 0 Å². The molecule has 3 aromatic heterocycles. The molecule has 2 N–H and O–H groups in total. The van der Waals surface area contributed by atoms with Gasteiger partial charge >= 0.3 is 0 Å². The number of carbonyl (C=O) groups is 2. The Bertz CT molecular complexity index is 800. The zero-order valence-corrected chi connectivity index (χ0v) is 14.2. The fourth-order valence-corrected chi connectivity index (χ4v) is 2.18. The molecule has 0 saturated heterocycles. The van der Waals surface area contributed by atoms with Gasteiger partial charge < -0.3 is 8.83 Å². The topological polar surface area (TPSA) is 123 Å². The zero-order chi connectivity index (χ0) is 16.4. The summed E-state index contributed by atoms with van der Waals surface area (Å²) < 4.78 is 15.5. The lowest BCUT2D eigenvalue weighted by atomic mass is 10.4. The highest BCUT2D eigenvalue weighted by Gasteiger charge is 2.20. The number of hydrogen-bond donors (Lipinski definition) is 2. The van der Waals surface area contributed by atoms with E-state index >= 15 is 0 Å². The van der Waals surface area contributed by atoms with Crippen LogP contribution in [0, 0.1) is 0 Å². The SMILES string of the molecule is O=C(Nc1nonc1NC(=O)c1ccc(Br)o1)c1ccc(Br)o1. The molecule has 3 heterocycles. The summed E-state index contributed by atoms with van der Waals surface area (Å²) in [4.78, 5) is 23.9. The van der Waals surface area contributed by atoms with Crippen LogP contribution in [0.25, 0.3) is 0 Å². The van der Waals surface area contributed by atoms with Crippen LogP contribution < -0.4 is 10.6 Å². The second-order valence-corrected chi connectivity index (χ2v) is 5.64. The highest BCUT2D eigenvalue weighted by atomic mass is 79.9. The van der Waals surface area contributed by atoms with Gasteiger partial charge in [0.2, 0.25) is 11.6 Å². The number of anilines is 2. The van der Waals surface area contributed by atoms with Gasteiger partial charge in [-0.25, -0.2) is 4.63 Å². The first-order chi connectivity index (χ1) is 11.0. The van der Waals surface area contributed by atoms with Crippen LogP contribution in [0.5, 0.6) is 0 Å². The molecular formula is C12H6Br2N4O5. The standard InChI is InChI=1S/C12H6Br2N4O5/c13-7-3-1-5(21-7)11(19)15-9-10(18-23-17-9)16-12(20)6-2-4-8(14)22-6/h1-4H,(H,15,17,19)(H,16,18,20). The molecule has 3 rings (SSSR count). The first-order valence-corrected chi connectivity index (χ1v) is 7.57. The van der Waals surface area contributed by atoms with Gasteiger partial charge in [0.05, 0.1) is 0 Å². The number of amides is 2. The molecule has 2 amide bonds. The maximum Gasteiger partial charge on any atom is 0.292 e. The summed E-state index contributed by atoms with van der Waals surface area (Å²) in [5.41, 5.74) is 0. The summed E-state index contributed by atoms with van der Waals surface area (Å²) in [6.07, 6.45) is 0. The molecule has 118 valence electrons. The predicted octanol–water partition coefficient (Wildman–Crippen LogP) is 3.29. The molecule has 3 aromatic rings. The number of furan rings is 2. The van der Waals surface area contributed by atoms with Crippen LogP contribution in [0.3, 0.4) is 0 Å². The molecule has 9 nitrogen and oxygen atoms in total. The summed E-state index contributed by atoms with van der Waals surface area (Å²) >= 11 is 6.18. The lowest BCUT2D eigenvalue weighted by Crippen LogP contribution is -2.16. The van der Waals surface area contributed by atoms with E-state index in [9.17, 15) is 9.59 Å². The molecule has 0 aliphatic heterocycles. The van der Waals surface area contributed by atoms with Gasteiger partial charge in [0, 0.05) is 0 Å². The third kappa shape index (κ3) is 3.51. The van der Waals surface area contributed by atoms with Crippen LogP contribution >= 0.6 is 31.9 Å². The van der Waals surface area contributed by atoms with E-state index in [0.29, 0.717) is 9.34 Å². The first-order valence-electron chi connectivity index (χ1n) is 5.99. The average molecular weight is 446 g/mol. The van der Waals surface area contributed by atoms with Gasteiger partial charge in [-0.1, -0.05) is 0 Å². The van der Waals surface area contributed by atoms with Crippen LogP contribution in [-0.2, 0) is 0 Å². The number of nitrogens with one attached hydrogen (secondary N) is 2. The van der Waals surface area contributed by atoms with E-state index in [1.165, 1.54) is 12.1 Å². The normalized spacial score (nSPS) is 10.5. The van der Waals surface area contributed by atoms with Gasteiger partial charge in [0.15, 0.2) is 20.9 Å². The van der Waals surface area contributed by atoms with Gasteiger partial charge in [-0.15, -0.1) is 0 Å². The van der Waals surface area contributed by atoms with E-state index in [-0.39, 0.29) is 23.2 Å². The van der Waals surface area contributed by atoms with E-state index in [0.717, 1.165) is 0 Å². The Morgan fingerprint density at radius 3 is 1.61 bits per heavy atom. The van der Waals surface area contributed by atoms with Crippen molar-refractivity contribution in [3.05, 3.63) is 45.1 Å². The summed E-state index contributed by atoms with van der Waals surface area (Å²) in [6, 6.07) is 6.05. The first kappa shape index (κ1) is 15.5. The van der Waals surface area contributed by atoms with Crippen molar-refractivity contribution in [2.45, 2.75) is 0 Å². The monoisotopic (exact) mass is 444 g/mol. The van der Waals surface area contributed by atoms with Gasteiger partial charge in [0.25, 0.3) is 11.8 Å². The molecule has 0 fully saturated rings. The molecule has 11 heteroatoms. The summed E-state index contributed by atoms with van der Waals surface area (Å²) in [6.45, 7) is 0. The number of halogens is 2. The second kappa shape index (κ2) is 6.38. The van der Waals surface area contributed by atoms with E-state index in [2.05, 4.69) is 57.4 Å². The van der Waals surface area contributed by atoms with Crippen LogP contribution in [0.15, 0.2) is 47.1 Å². The minimum atomic E-state index is -0.581. The van der Waals surface area contributed by atoms with Crippen molar-refractivity contribution in [2.75, 3.05) is 10.6 Å². The number of nitrogens with zero attached hydrogens (tertiary/aromatic N) is 2. The highest BCUT2D eigenvalue weighted by molar-refractivity contribution is 9.10. The Labute approximate surface area is 144 Å². The maximum atomic E-state index is 12.0. The van der Waals surface area contributed by atoms with Gasteiger partial charge in [-0.3, -0.25) is 20.2 Å². The van der Waals surface area contributed by atoms with Crippen molar-refractivity contribution >= 4 is 55.3 Å². The number of carbonyl (C=O) groups excluding carboxylic acids is 2. The van der Waals surface area contributed by atoms with E-state index in [4.69, 9.17) is 8.83 Å². The fourth-order valence-electron chi connectivity index (χ4n) is 1.56. The molecule has 0 aliphatic carbocycles. The maximum absolute atomic E-state index is 12.0. The Balaban J connectivity index is 1.72. The molecular weight excluding hydrogens is 440 g/mol. The highest BCUT2D eigenvalue weighted by Crippen LogP contribution is 2.21. The van der Waals surface area contributed by atoms with Gasteiger partial charge in [0.1, 0.15) is 0 Å². The number of rotatable bonds is 4. The molecule has 0 spiro atoms. The zero-order valence-electron chi connectivity index (χ0n) is 11.0. The van der Waals surface area contributed by atoms with E-state index in [1.54, 1.807) is 12.1 Å². The molecule has 0 unspecified atom stereocenters. The van der Waals surface area contributed by atoms with Crippen molar-refractivity contribution < 1.29 is 23.1 Å². The Kier molecular flexibility index (Phi) is 4.30. The van der Waals surface area contributed by atoms with E-state index in [1.807, 2.05) is 0 Å². The molecule has 0 atom stereocenters. The second-order valence-electron chi connectivity index (χ2n) is 4.08. The fraction of sp³-hybridized carbons (Fsp3) is 0. The molecule has 0 saturated carbocycles. The molecule has 23 heavy (non-hydrogen) atoms. The number of aromatic nitrogens is 2. The summed E-state index contributed by atoms with van der Waals surface area (Å²) in [5, 5.41) is 11.8. The summed E-state index contributed by atoms with van der Waals surface area (Å²) in [5.74, 6) is -1.20. The average Bonchev–Trinajstić information content (AvgIpc) is 3.22. The van der Waals surface area contributed by atoms with Crippen molar-refractivity contribution in [3.8, 4) is 0 Å². The van der Waals surface area contributed by atoms with Crippen LogP contribution in [-0.4, -0.2) is 22.1 Å². The molecule has 0 aliphatic rings. The Hall–Kier alpha value is -2.40. The molecule has 0 bridgehead atoms.